The van der Waals surface area contributed by atoms with E-state index in [0.717, 1.165) is 61.9 Å². The van der Waals surface area contributed by atoms with E-state index >= 15 is 0 Å². The van der Waals surface area contributed by atoms with Crippen molar-refractivity contribution in [2.75, 3.05) is 86.3 Å². The number of carbonyl (C=O) groups excluding carboxylic acids is 4. The highest BCUT2D eigenvalue weighted by atomic mass is 35.5. The van der Waals surface area contributed by atoms with E-state index in [0.29, 0.717) is 77.7 Å². The van der Waals surface area contributed by atoms with Crippen LogP contribution in [0, 0.1) is 0 Å². The number of amides is 6. The molecule has 0 fully saturated rings. The highest BCUT2D eigenvalue weighted by Crippen LogP contribution is 2.38. The number of methoxy groups -OCH3 is 2. The summed E-state index contributed by atoms with van der Waals surface area (Å²) in [5, 5.41) is 10.7. The highest BCUT2D eigenvalue weighted by molar-refractivity contribution is 6.33. The second-order valence-electron chi connectivity index (χ2n) is 20.2. The molecule has 6 amide bonds. The standard InChI is InChI=1S/C32H41ClN4O3.C28H34ClN3O2.C4H8ClNO/c1-8-26-28(33)18-29(34-19-30(38)36(5)6)27(9-2)31(26)35-32(39)37(20-22-10-16-25(40-7)17-11-22)24-14-12-23(13-15-24)21(3)4;1-6-23-25(29)16-26(30)24(7-2)27(23)31-28(33)32(17-19-8-14-22(34-5)15-9-19)21-12-10-20(11-13-21)18(3)4;1-6(2)4(7)3-5/h10-18,21,34H,8-9,19-20H2,1-7H3,(H,35,39);8-16,18H,6-7,17,30H2,1-5H3,(H,31,33);3H2,1-2H3. The van der Waals surface area contributed by atoms with Gasteiger partial charge in [0.1, 0.15) is 17.4 Å². The van der Waals surface area contributed by atoms with Crippen LogP contribution in [0.1, 0.15) is 112 Å². The summed E-state index contributed by atoms with van der Waals surface area (Å²) in [6.45, 7) is 17.6. The topological polar surface area (TPSA) is 162 Å². The Balaban J connectivity index is 0.000000314. The van der Waals surface area contributed by atoms with Gasteiger partial charge in [-0.2, -0.15) is 0 Å². The van der Waals surface area contributed by atoms with Crippen LogP contribution in [0.15, 0.2) is 109 Å². The third-order valence-corrected chi connectivity index (χ3v) is 14.6. The van der Waals surface area contributed by atoms with E-state index in [4.69, 9.17) is 50.0 Å². The molecule has 0 unspecified atom stereocenters. The first-order valence-electron chi connectivity index (χ1n) is 27.3. The van der Waals surface area contributed by atoms with Gasteiger partial charge in [0, 0.05) is 61.0 Å². The monoisotopic (exact) mass is 1160 g/mol. The number of nitrogen functional groups attached to an aromatic ring is 1. The molecule has 17 heteroatoms. The van der Waals surface area contributed by atoms with Gasteiger partial charge in [-0.25, -0.2) is 9.59 Å². The maximum Gasteiger partial charge on any atom is 0.326 e. The number of likely N-dealkylation sites (N-methyl/N-ethyl adjacent to an activating group) is 1. The molecule has 6 aromatic carbocycles. The summed E-state index contributed by atoms with van der Waals surface area (Å²) in [7, 11) is 10.0. The van der Waals surface area contributed by atoms with Crippen molar-refractivity contribution in [3.05, 3.63) is 164 Å². The Morgan fingerprint density at radius 2 is 0.901 bits per heavy atom. The molecule has 0 spiro atoms. The number of nitrogens with one attached hydrogen (secondary N) is 3. The molecular weight excluding hydrogens is 1080 g/mol. The van der Waals surface area contributed by atoms with Crippen molar-refractivity contribution >= 4 is 92.8 Å². The fourth-order valence-electron chi connectivity index (χ4n) is 8.66. The van der Waals surface area contributed by atoms with Crippen molar-refractivity contribution in [2.24, 2.45) is 0 Å². The number of alkyl halides is 1. The van der Waals surface area contributed by atoms with Gasteiger partial charge in [0.05, 0.1) is 45.2 Å². The molecule has 0 aliphatic heterocycles. The minimum atomic E-state index is -0.268. The maximum absolute atomic E-state index is 14.0. The van der Waals surface area contributed by atoms with Gasteiger partial charge in [0.25, 0.3) is 0 Å². The lowest BCUT2D eigenvalue weighted by Gasteiger charge is -2.27. The molecule has 0 heterocycles. The van der Waals surface area contributed by atoms with Gasteiger partial charge in [0.2, 0.25) is 11.8 Å². The van der Waals surface area contributed by atoms with E-state index < -0.39 is 0 Å². The van der Waals surface area contributed by atoms with Crippen LogP contribution in [-0.2, 0) is 48.4 Å². The predicted octanol–water partition coefficient (Wildman–Crippen LogP) is 15.1. The second kappa shape index (κ2) is 32.3. The zero-order valence-electron chi connectivity index (χ0n) is 49.7. The molecule has 0 aliphatic carbocycles. The van der Waals surface area contributed by atoms with E-state index in [1.54, 1.807) is 58.3 Å². The van der Waals surface area contributed by atoms with E-state index in [1.165, 1.54) is 20.9 Å². The average Bonchev–Trinajstić information content (AvgIpc) is 3.52. The summed E-state index contributed by atoms with van der Waals surface area (Å²) in [6, 6.07) is 34.8. The number of hydrogen-bond acceptors (Lipinski definition) is 8. The maximum atomic E-state index is 14.0. The first-order chi connectivity index (χ1) is 38.5. The smallest absolute Gasteiger partial charge is 0.326 e. The zero-order valence-corrected chi connectivity index (χ0v) is 51.9. The number of benzene rings is 6. The fraction of sp³-hybridized carbons (Fsp3) is 0.375. The number of halogens is 3. The number of rotatable bonds is 20. The SMILES string of the molecule is CCc1c(Cl)cc(NCC(=O)N(C)C)c(CC)c1NC(=O)N(Cc1ccc(OC)cc1)c1ccc(C(C)C)cc1.CCc1c(N)cc(Cl)c(CC)c1NC(=O)N(Cc1ccc(OC)cc1)c1ccc(C(C)C)cc1.CN(C)C(=O)CCl. The minimum absolute atomic E-state index is 0.0540. The zero-order chi connectivity index (χ0) is 60.1. The Hall–Kier alpha value is -7.13. The number of ether oxygens (including phenoxy) is 2. The molecule has 5 N–H and O–H groups in total. The quantitative estimate of drug-likeness (QED) is 0.0434. The van der Waals surface area contributed by atoms with E-state index in [1.807, 2.05) is 107 Å². The van der Waals surface area contributed by atoms with Gasteiger partial charge in [-0.3, -0.25) is 19.4 Å². The molecule has 0 atom stereocenters. The van der Waals surface area contributed by atoms with E-state index in [-0.39, 0.29) is 36.3 Å². The summed E-state index contributed by atoms with van der Waals surface area (Å²) in [4.78, 5) is 56.8. The Bertz CT molecular complexity index is 2980. The van der Waals surface area contributed by atoms with Crippen molar-refractivity contribution in [2.45, 2.75) is 106 Å². The Kier molecular flexibility index (Phi) is 26.5. The molecule has 14 nitrogen and oxygen atoms in total. The van der Waals surface area contributed by atoms with Gasteiger partial charge in [-0.15, -0.1) is 11.6 Å². The van der Waals surface area contributed by atoms with Crippen LogP contribution in [0.2, 0.25) is 10.0 Å². The van der Waals surface area contributed by atoms with Crippen LogP contribution in [0.25, 0.3) is 0 Å². The molecule has 6 aromatic rings. The van der Waals surface area contributed by atoms with Crippen molar-refractivity contribution in [1.82, 2.24) is 9.80 Å². The largest absolute Gasteiger partial charge is 0.497 e. The fourth-order valence-corrected chi connectivity index (χ4v) is 9.58. The number of anilines is 6. The van der Waals surface area contributed by atoms with Crippen molar-refractivity contribution in [1.29, 1.82) is 0 Å². The molecule has 81 heavy (non-hydrogen) atoms. The Morgan fingerprint density at radius 1 is 0.531 bits per heavy atom. The van der Waals surface area contributed by atoms with Gasteiger partial charge < -0.3 is 41.0 Å². The summed E-state index contributed by atoms with van der Waals surface area (Å²) >= 11 is 18.4. The van der Waals surface area contributed by atoms with E-state index in [2.05, 4.69) is 67.9 Å². The molecule has 0 aromatic heterocycles. The first-order valence-corrected chi connectivity index (χ1v) is 28.6. The first kappa shape index (κ1) is 66.4. The molecule has 0 saturated heterocycles. The van der Waals surface area contributed by atoms with Crippen LogP contribution >= 0.6 is 34.8 Å². The Labute approximate surface area is 496 Å². The van der Waals surface area contributed by atoms with Crippen LogP contribution in [0.5, 0.6) is 11.5 Å². The minimum Gasteiger partial charge on any atom is -0.497 e. The summed E-state index contributed by atoms with van der Waals surface area (Å²) in [5.74, 6) is 2.29. The Morgan fingerprint density at radius 3 is 1.22 bits per heavy atom. The second-order valence-corrected chi connectivity index (χ2v) is 21.3. The summed E-state index contributed by atoms with van der Waals surface area (Å²) < 4.78 is 10.6. The molecule has 0 saturated carbocycles. The third kappa shape index (κ3) is 18.7. The molecule has 0 aliphatic rings. The number of hydrogen-bond donors (Lipinski definition) is 4. The molecular formula is C64H83Cl3N8O6. The lowest BCUT2D eigenvalue weighted by atomic mass is 10.00. The normalized spacial score (nSPS) is 10.7. The summed E-state index contributed by atoms with van der Waals surface area (Å²) in [6.07, 6.45) is 2.65. The van der Waals surface area contributed by atoms with Gasteiger partial charge in [0.15, 0.2) is 0 Å². The van der Waals surface area contributed by atoms with Crippen LogP contribution in [-0.4, -0.2) is 88.5 Å². The lowest BCUT2D eigenvalue weighted by Crippen LogP contribution is -2.35. The van der Waals surface area contributed by atoms with E-state index in [9.17, 15) is 19.2 Å². The van der Waals surface area contributed by atoms with Crippen molar-refractivity contribution in [3.8, 4) is 11.5 Å². The van der Waals surface area contributed by atoms with Gasteiger partial charge in [-0.05, 0) is 143 Å². The molecule has 6 rings (SSSR count). The average molecular weight is 1170 g/mol. The van der Waals surface area contributed by atoms with Crippen LogP contribution < -0.4 is 41.0 Å². The van der Waals surface area contributed by atoms with Crippen LogP contribution in [0.4, 0.5) is 43.7 Å². The third-order valence-electron chi connectivity index (χ3n) is 13.7. The highest BCUT2D eigenvalue weighted by Gasteiger charge is 2.25. The van der Waals surface area contributed by atoms with Gasteiger partial charge in [-0.1, -0.05) is 127 Å². The number of urea groups is 2. The van der Waals surface area contributed by atoms with Crippen molar-refractivity contribution in [3.63, 3.8) is 0 Å². The predicted molar refractivity (Wildman–Crippen MR) is 339 cm³/mol. The molecule has 436 valence electrons. The van der Waals surface area contributed by atoms with Crippen molar-refractivity contribution < 1.29 is 28.7 Å². The lowest BCUT2D eigenvalue weighted by molar-refractivity contribution is -0.127. The number of nitrogens with zero attached hydrogens (tertiary/aromatic N) is 4. The molecule has 0 bridgehead atoms. The number of nitrogens with two attached hydrogens (primary N) is 1. The molecule has 0 radical (unpaired) electrons. The van der Waals surface area contributed by atoms with Gasteiger partial charge >= 0.3 is 12.1 Å². The summed E-state index contributed by atoms with van der Waals surface area (Å²) in [5.41, 5.74) is 18.5. The number of carbonyl (C=O) groups is 4. The van der Waals surface area contributed by atoms with Crippen LogP contribution in [0.3, 0.4) is 0 Å².